The highest BCUT2D eigenvalue weighted by Gasteiger charge is 2.37. The summed E-state index contributed by atoms with van der Waals surface area (Å²) in [4.78, 5) is 21.4. The Bertz CT molecular complexity index is 1750. The second-order valence-electron chi connectivity index (χ2n) is 9.72. The van der Waals surface area contributed by atoms with Crippen molar-refractivity contribution in [2.75, 3.05) is 0 Å². The van der Waals surface area contributed by atoms with E-state index in [-0.39, 0.29) is 11.9 Å². The van der Waals surface area contributed by atoms with Crippen LogP contribution in [0.15, 0.2) is 136 Å². The Morgan fingerprint density at radius 3 is 2.29 bits per heavy atom. The lowest BCUT2D eigenvalue weighted by Gasteiger charge is -2.24. The quantitative estimate of drug-likeness (QED) is 0.171. The molecule has 0 unspecified atom stereocenters. The van der Waals surface area contributed by atoms with Crippen molar-refractivity contribution in [3.8, 4) is 5.75 Å². The number of aliphatic imine (C=N–C) groups is 1. The van der Waals surface area contributed by atoms with E-state index in [9.17, 15) is 4.79 Å². The molecule has 41 heavy (non-hydrogen) atoms. The molecule has 1 fully saturated rings. The van der Waals surface area contributed by atoms with E-state index in [2.05, 4.69) is 34.1 Å². The Kier molecular flexibility index (Phi) is 8.03. The number of ether oxygens (including phenoxy) is 1. The average molecular weight is 620 g/mol. The molecule has 5 aromatic rings. The van der Waals surface area contributed by atoms with E-state index in [0.717, 1.165) is 43.4 Å². The number of nitrogens with zero attached hydrogens (tertiary/aromatic N) is 2. The molecule has 6 heteroatoms. The van der Waals surface area contributed by atoms with Crippen LogP contribution in [-0.4, -0.2) is 16.0 Å². The molecule has 202 valence electrons. The summed E-state index contributed by atoms with van der Waals surface area (Å²) in [7, 11) is 0. The number of amidine groups is 1. The fourth-order valence-corrected chi connectivity index (χ4v) is 6.14. The van der Waals surface area contributed by atoms with Crippen molar-refractivity contribution in [2.45, 2.75) is 19.6 Å². The smallest absolute Gasteiger partial charge is 0.267 e. The standard InChI is InChI=1S/C35H27BrN2O2S/c1-24(26-10-4-2-5-11-26)38-34(39)33(41-35(38)37-29-13-6-3-7-14-29)22-31-30-15-9-8-12-27(30)18-21-32(31)40-23-25-16-19-28(36)20-17-25/h2-22,24H,23H2,1H3/b33-22+,37-35?/t24-/m0/s1. The van der Waals surface area contributed by atoms with E-state index in [1.54, 1.807) is 4.90 Å². The first-order valence-corrected chi connectivity index (χ1v) is 15.0. The monoisotopic (exact) mass is 618 g/mol. The number of para-hydroxylation sites is 1. The van der Waals surface area contributed by atoms with Gasteiger partial charge >= 0.3 is 0 Å². The van der Waals surface area contributed by atoms with Gasteiger partial charge in [0.15, 0.2) is 5.17 Å². The number of benzene rings is 5. The summed E-state index contributed by atoms with van der Waals surface area (Å²) in [5.41, 5.74) is 3.79. The van der Waals surface area contributed by atoms with Gasteiger partial charge in [-0.25, -0.2) is 4.99 Å². The number of carbonyl (C=O) groups is 1. The van der Waals surface area contributed by atoms with Gasteiger partial charge in [-0.05, 0) is 77.0 Å². The van der Waals surface area contributed by atoms with E-state index in [1.807, 2.05) is 116 Å². The van der Waals surface area contributed by atoms with E-state index in [0.29, 0.717) is 16.7 Å². The topological polar surface area (TPSA) is 41.9 Å². The average Bonchev–Trinajstić information content (AvgIpc) is 3.31. The minimum atomic E-state index is -0.190. The van der Waals surface area contributed by atoms with Gasteiger partial charge in [-0.1, -0.05) is 107 Å². The maximum atomic E-state index is 14.1. The number of hydrogen-bond acceptors (Lipinski definition) is 4. The summed E-state index contributed by atoms with van der Waals surface area (Å²) >= 11 is 4.89. The van der Waals surface area contributed by atoms with Gasteiger partial charge in [-0.2, -0.15) is 0 Å². The van der Waals surface area contributed by atoms with Gasteiger partial charge in [0.25, 0.3) is 5.91 Å². The number of amides is 1. The summed E-state index contributed by atoms with van der Waals surface area (Å²) in [5.74, 6) is 0.649. The van der Waals surface area contributed by atoms with Crippen LogP contribution in [-0.2, 0) is 11.4 Å². The molecule has 0 radical (unpaired) electrons. The summed E-state index contributed by atoms with van der Waals surface area (Å²) in [6.45, 7) is 2.46. The van der Waals surface area contributed by atoms with Crippen LogP contribution in [0.5, 0.6) is 5.75 Å². The lowest BCUT2D eigenvalue weighted by molar-refractivity contribution is -0.123. The van der Waals surface area contributed by atoms with Gasteiger partial charge in [0.2, 0.25) is 0 Å². The van der Waals surface area contributed by atoms with Crippen LogP contribution in [0.3, 0.4) is 0 Å². The second kappa shape index (κ2) is 12.2. The second-order valence-corrected chi connectivity index (χ2v) is 11.6. The first-order valence-electron chi connectivity index (χ1n) is 13.4. The van der Waals surface area contributed by atoms with Crippen LogP contribution in [0.25, 0.3) is 16.8 Å². The van der Waals surface area contributed by atoms with Gasteiger partial charge in [0, 0.05) is 10.0 Å². The van der Waals surface area contributed by atoms with Crippen molar-refractivity contribution < 1.29 is 9.53 Å². The van der Waals surface area contributed by atoms with Gasteiger partial charge in [0.05, 0.1) is 16.6 Å². The molecular weight excluding hydrogens is 592 g/mol. The lowest BCUT2D eigenvalue weighted by Crippen LogP contribution is -2.32. The van der Waals surface area contributed by atoms with Crippen LogP contribution in [0.4, 0.5) is 5.69 Å². The van der Waals surface area contributed by atoms with Gasteiger partial charge in [-0.15, -0.1) is 0 Å². The maximum absolute atomic E-state index is 14.1. The normalized spacial score (nSPS) is 16.0. The highest BCUT2D eigenvalue weighted by Crippen LogP contribution is 2.41. The third-order valence-electron chi connectivity index (χ3n) is 7.00. The molecule has 1 amide bonds. The Hall–Kier alpha value is -4.13. The Morgan fingerprint density at radius 1 is 0.854 bits per heavy atom. The third kappa shape index (κ3) is 5.99. The van der Waals surface area contributed by atoms with Crippen LogP contribution in [0.1, 0.15) is 29.7 Å². The molecule has 0 N–H and O–H groups in total. The molecule has 0 saturated carbocycles. The number of carbonyl (C=O) groups excluding carboxylic acids is 1. The molecule has 6 rings (SSSR count). The zero-order chi connectivity index (χ0) is 28.2. The largest absolute Gasteiger partial charge is 0.488 e. The molecule has 1 aliphatic rings. The van der Waals surface area contributed by atoms with Crippen LogP contribution in [0.2, 0.25) is 0 Å². The molecule has 1 saturated heterocycles. The molecule has 0 aromatic heterocycles. The van der Waals surface area contributed by atoms with Crippen molar-refractivity contribution in [3.63, 3.8) is 0 Å². The molecule has 1 heterocycles. The fourth-order valence-electron chi connectivity index (χ4n) is 4.82. The third-order valence-corrected chi connectivity index (χ3v) is 8.51. The Labute approximate surface area is 252 Å². The van der Waals surface area contributed by atoms with Crippen molar-refractivity contribution in [1.82, 2.24) is 4.90 Å². The van der Waals surface area contributed by atoms with E-state index in [4.69, 9.17) is 9.73 Å². The predicted octanol–water partition coefficient (Wildman–Crippen LogP) is 9.55. The molecule has 0 spiro atoms. The van der Waals surface area contributed by atoms with Gasteiger partial charge < -0.3 is 4.74 Å². The summed E-state index contributed by atoms with van der Waals surface area (Å²) in [6.07, 6.45) is 1.96. The molecule has 5 aromatic carbocycles. The molecule has 0 bridgehead atoms. The predicted molar refractivity (Wildman–Crippen MR) is 173 cm³/mol. The van der Waals surface area contributed by atoms with Crippen molar-refractivity contribution >= 4 is 61.3 Å². The van der Waals surface area contributed by atoms with Crippen molar-refractivity contribution in [3.05, 3.63) is 147 Å². The SMILES string of the molecule is C[C@@H](c1ccccc1)N1C(=O)/C(=C\c2c(OCc3ccc(Br)cc3)ccc3ccccc23)SC1=Nc1ccccc1. The van der Waals surface area contributed by atoms with Crippen LogP contribution >= 0.6 is 27.7 Å². The summed E-state index contributed by atoms with van der Waals surface area (Å²) < 4.78 is 7.38. The first-order chi connectivity index (χ1) is 20.1. The van der Waals surface area contributed by atoms with Crippen LogP contribution in [0, 0.1) is 0 Å². The number of fused-ring (bicyclic) bond motifs is 1. The van der Waals surface area contributed by atoms with E-state index < -0.39 is 0 Å². The summed E-state index contributed by atoms with van der Waals surface area (Å²) in [6, 6.07) is 39.9. The van der Waals surface area contributed by atoms with Gasteiger partial charge in [0.1, 0.15) is 12.4 Å². The minimum absolute atomic E-state index is 0.0761. The highest BCUT2D eigenvalue weighted by atomic mass is 79.9. The molecule has 0 aliphatic carbocycles. The number of halogens is 1. The maximum Gasteiger partial charge on any atom is 0.267 e. The molecule has 1 atom stereocenters. The lowest BCUT2D eigenvalue weighted by atomic mass is 10.0. The van der Waals surface area contributed by atoms with Crippen molar-refractivity contribution in [2.24, 2.45) is 4.99 Å². The van der Waals surface area contributed by atoms with E-state index >= 15 is 0 Å². The Balaban J connectivity index is 1.42. The summed E-state index contributed by atoms with van der Waals surface area (Å²) in [5, 5.41) is 2.76. The fraction of sp³-hybridized carbons (Fsp3) is 0.0857. The first kappa shape index (κ1) is 27.1. The Morgan fingerprint density at radius 2 is 1.54 bits per heavy atom. The number of rotatable bonds is 7. The molecule has 1 aliphatic heterocycles. The zero-order valence-electron chi connectivity index (χ0n) is 22.4. The zero-order valence-corrected chi connectivity index (χ0v) is 24.8. The van der Waals surface area contributed by atoms with Gasteiger partial charge in [-0.3, -0.25) is 9.69 Å². The van der Waals surface area contributed by atoms with E-state index in [1.165, 1.54) is 11.8 Å². The number of thioether (sulfide) groups is 1. The van der Waals surface area contributed by atoms with Crippen molar-refractivity contribution in [1.29, 1.82) is 0 Å². The highest BCUT2D eigenvalue weighted by molar-refractivity contribution is 9.10. The minimum Gasteiger partial charge on any atom is -0.488 e. The number of hydrogen-bond donors (Lipinski definition) is 0. The van der Waals surface area contributed by atoms with Crippen LogP contribution < -0.4 is 4.74 Å². The molecule has 4 nitrogen and oxygen atoms in total. The molecular formula is C35H27BrN2O2S.